The van der Waals surface area contributed by atoms with Crippen molar-refractivity contribution >= 4 is 23.5 Å². The van der Waals surface area contributed by atoms with E-state index in [2.05, 4.69) is 5.32 Å². The number of amides is 1. The first-order valence-electron chi connectivity index (χ1n) is 7.01. The number of carbonyl (C=O) groups excluding carboxylic acids is 1. The molecule has 0 heterocycles. The van der Waals surface area contributed by atoms with Crippen LogP contribution in [0.15, 0.2) is 18.2 Å². The van der Waals surface area contributed by atoms with E-state index in [0.29, 0.717) is 12.8 Å². The van der Waals surface area contributed by atoms with Crippen LogP contribution in [-0.4, -0.2) is 29.1 Å². The lowest BCUT2D eigenvalue weighted by atomic mass is 9.93. The molecule has 0 bridgehead atoms. The molecule has 0 atom stereocenters. The molecular weight excluding hydrogens is 313 g/mol. The van der Waals surface area contributed by atoms with Crippen LogP contribution in [0.3, 0.4) is 0 Å². The maximum atomic E-state index is 13.0. The summed E-state index contributed by atoms with van der Waals surface area (Å²) in [5.41, 5.74) is -0.688. The first-order valence-corrected chi connectivity index (χ1v) is 7.39. The van der Waals surface area contributed by atoms with E-state index in [1.165, 1.54) is 12.1 Å². The second-order valence-electron chi connectivity index (χ2n) is 5.47. The second kappa shape index (κ2) is 6.96. The van der Waals surface area contributed by atoms with Crippen LogP contribution >= 0.6 is 11.6 Å². The van der Waals surface area contributed by atoms with E-state index in [-0.39, 0.29) is 23.8 Å². The van der Waals surface area contributed by atoms with Crippen molar-refractivity contribution in [3.8, 4) is 5.75 Å². The lowest BCUT2D eigenvalue weighted by Crippen LogP contribution is -2.49. The number of hydrogen-bond donors (Lipinski definition) is 2. The summed E-state index contributed by atoms with van der Waals surface area (Å²) < 4.78 is 18.3. The smallest absolute Gasteiger partial charge is 0.305 e. The Morgan fingerprint density at radius 1 is 1.36 bits per heavy atom. The fourth-order valence-corrected chi connectivity index (χ4v) is 2.91. The van der Waals surface area contributed by atoms with Gasteiger partial charge < -0.3 is 15.2 Å². The highest BCUT2D eigenvalue weighted by atomic mass is 35.5. The minimum absolute atomic E-state index is 0.0870. The van der Waals surface area contributed by atoms with Gasteiger partial charge >= 0.3 is 5.97 Å². The van der Waals surface area contributed by atoms with Gasteiger partial charge in [0.2, 0.25) is 0 Å². The highest BCUT2D eigenvalue weighted by Gasteiger charge is 2.37. The molecule has 1 aromatic rings. The first-order chi connectivity index (χ1) is 10.4. The molecule has 1 amide bonds. The number of hydrogen-bond acceptors (Lipinski definition) is 3. The quantitative estimate of drug-likeness (QED) is 0.841. The van der Waals surface area contributed by atoms with Crippen molar-refractivity contribution in [2.45, 2.75) is 37.6 Å². The van der Waals surface area contributed by atoms with Gasteiger partial charge in [-0.05, 0) is 25.0 Å². The highest BCUT2D eigenvalue weighted by molar-refractivity contribution is 6.30. The van der Waals surface area contributed by atoms with Gasteiger partial charge in [0.05, 0.1) is 17.0 Å². The summed E-state index contributed by atoms with van der Waals surface area (Å²) in [6, 6.07) is 3.81. The van der Waals surface area contributed by atoms with Crippen LogP contribution < -0.4 is 10.1 Å². The van der Waals surface area contributed by atoms with Crippen LogP contribution in [-0.2, 0) is 9.59 Å². The van der Waals surface area contributed by atoms with Crippen molar-refractivity contribution in [3.63, 3.8) is 0 Å². The number of aliphatic carboxylic acids is 1. The van der Waals surface area contributed by atoms with Crippen molar-refractivity contribution in [3.05, 3.63) is 29.0 Å². The van der Waals surface area contributed by atoms with Gasteiger partial charge in [0.25, 0.3) is 5.91 Å². The molecule has 1 aliphatic rings. The van der Waals surface area contributed by atoms with E-state index in [1.54, 1.807) is 0 Å². The minimum atomic E-state index is -0.937. The Labute approximate surface area is 132 Å². The van der Waals surface area contributed by atoms with Crippen molar-refractivity contribution < 1.29 is 23.8 Å². The van der Waals surface area contributed by atoms with Gasteiger partial charge in [-0.3, -0.25) is 9.59 Å². The molecule has 0 radical (unpaired) electrons. The normalized spacial score (nSPS) is 16.3. The molecule has 0 spiro atoms. The topological polar surface area (TPSA) is 75.6 Å². The van der Waals surface area contributed by atoms with E-state index in [1.807, 2.05) is 0 Å². The molecule has 1 fully saturated rings. The summed E-state index contributed by atoms with van der Waals surface area (Å²) in [6.45, 7) is -0.274. The Bertz CT molecular complexity index is 573. The predicted octanol–water partition coefficient (Wildman–Crippen LogP) is 2.76. The third kappa shape index (κ3) is 4.34. The van der Waals surface area contributed by atoms with E-state index < -0.39 is 23.2 Å². The standard InChI is InChI=1S/C15H17ClFNO4/c16-11-7-10(3-4-12(11)17)22-9-13(19)18-15(8-14(20)21)5-1-2-6-15/h3-4,7H,1-2,5-6,8-9H2,(H,18,19)(H,20,21). The summed E-state index contributed by atoms with van der Waals surface area (Å²) in [5, 5.41) is 11.7. The minimum Gasteiger partial charge on any atom is -0.484 e. The van der Waals surface area contributed by atoms with E-state index >= 15 is 0 Å². The largest absolute Gasteiger partial charge is 0.484 e. The predicted molar refractivity (Wildman–Crippen MR) is 78.5 cm³/mol. The average Bonchev–Trinajstić information content (AvgIpc) is 2.87. The molecule has 2 rings (SSSR count). The van der Waals surface area contributed by atoms with Gasteiger partial charge in [0.15, 0.2) is 6.61 Å². The third-order valence-electron chi connectivity index (χ3n) is 3.72. The number of nitrogens with one attached hydrogen (secondary N) is 1. The fraction of sp³-hybridized carbons (Fsp3) is 0.467. The molecular formula is C15H17ClFNO4. The number of halogens is 2. The average molecular weight is 330 g/mol. The molecule has 0 aromatic heterocycles. The fourth-order valence-electron chi connectivity index (χ4n) is 2.73. The second-order valence-corrected chi connectivity index (χ2v) is 5.88. The summed E-state index contributed by atoms with van der Waals surface area (Å²) >= 11 is 5.63. The molecule has 0 unspecified atom stereocenters. The molecule has 1 aliphatic carbocycles. The summed E-state index contributed by atoms with van der Waals surface area (Å²) in [4.78, 5) is 22.9. The van der Waals surface area contributed by atoms with Crippen molar-refractivity contribution in [1.82, 2.24) is 5.32 Å². The molecule has 7 heteroatoms. The zero-order valence-corrected chi connectivity index (χ0v) is 12.7. The van der Waals surface area contributed by atoms with E-state index in [9.17, 15) is 14.0 Å². The Hall–Kier alpha value is -1.82. The monoisotopic (exact) mass is 329 g/mol. The van der Waals surface area contributed by atoms with Crippen molar-refractivity contribution in [2.24, 2.45) is 0 Å². The molecule has 2 N–H and O–H groups in total. The molecule has 0 saturated heterocycles. The summed E-state index contributed by atoms with van der Waals surface area (Å²) in [6.07, 6.45) is 2.98. The summed E-state index contributed by atoms with van der Waals surface area (Å²) in [7, 11) is 0. The molecule has 22 heavy (non-hydrogen) atoms. The number of carboxylic acids is 1. The van der Waals surface area contributed by atoms with Crippen LogP contribution in [0, 0.1) is 5.82 Å². The Kier molecular flexibility index (Phi) is 5.24. The Morgan fingerprint density at radius 3 is 2.64 bits per heavy atom. The van der Waals surface area contributed by atoms with Gasteiger partial charge in [-0.25, -0.2) is 4.39 Å². The first kappa shape index (κ1) is 16.5. The maximum absolute atomic E-state index is 13.0. The Morgan fingerprint density at radius 2 is 2.05 bits per heavy atom. The Balaban J connectivity index is 1.91. The number of carbonyl (C=O) groups is 2. The van der Waals surface area contributed by atoms with Gasteiger partial charge in [-0.1, -0.05) is 24.4 Å². The maximum Gasteiger partial charge on any atom is 0.305 e. The zero-order valence-electron chi connectivity index (χ0n) is 11.9. The third-order valence-corrected chi connectivity index (χ3v) is 4.01. The number of ether oxygens (including phenoxy) is 1. The number of rotatable bonds is 6. The highest BCUT2D eigenvalue weighted by Crippen LogP contribution is 2.32. The molecule has 1 aromatic carbocycles. The van der Waals surface area contributed by atoms with E-state index in [4.69, 9.17) is 21.4 Å². The number of carboxylic acid groups (broad SMARTS) is 1. The zero-order chi connectivity index (χ0) is 16.2. The van der Waals surface area contributed by atoms with Gasteiger partial charge in [0, 0.05) is 6.07 Å². The van der Waals surface area contributed by atoms with Crippen molar-refractivity contribution in [2.75, 3.05) is 6.61 Å². The van der Waals surface area contributed by atoms with Crippen LogP contribution in [0.2, 0.25) is 5.02 Å². The molecule has 120 valence electrons. The number of benzene rings is 1. The van der Waals surface area contributed by atoms with Gasteiger partial charge in [0.1, 0.15) is 11.6 Å². The molecule has 1 saturated carbocycles. The van der Waals surface area contributed by atoms with E-state index in [0.717, 1.165) is 18.9 Å². The van der Waals surface area contributed by atoms with Crippen LogP contribution in [0.5, 0.6) is 5.75 Å². The van der Waals surface area contributed by atoms with Crippen LogP contribution in [0.4, 0.5) is 4.39 Å². The SMILES string of the molecule is O=C(O)CC1(NC(=O)COc2ccc(F)c(Cl)c2)CCCC1. The lowest BCUT2D eigenvalue weighted by Gasteiger charge is -2.28. The van der Waals surface area contributed by atoms with Gasteiger partial charge in [-0.2, -0.15) is 0 Å². The molecule has 0 aliphatic heterocycles. The summed E-state index contributed by atoms with van der Waals surface area (Å²) in [5.74, 6) is -1.62. The van der Waals surface area contributed by atoms with Crippen LogP contribution in [0.25, 0.3) is 0 Å². The van der Waals surface area contributed by atoms with Crippen molar-refractivity contribution in [1.29, 1.82) is 0 Å². The van der Waals surface area contributed by atoms with Gasteiger partial charge in [-0.15, -0.1) is 0 Å². The van der Waals surface area contributed by atoms with Crippen LogP contribution in [0.1, 0.15) is 32.1 Å². The molecule has 5 nitrogen and oxygen atoms in total. The lowest BCUT2D eigenvalue weighted by molar-refractivity contribution is -0.139.